The van der Waals surface area contributed by atoms with Crippen LogP contribution in [0, 0.1) is 0 Å². The van der Waals surface area contributed by atoms with E-state index in [0.717, 1.165) is 51.4 Å². The first-order valence-electron chi connectivity index (χ1n) is 9.55. The van der Waals surface area contributed by atoms with Crippen LogP contribution in [0.3, 0.4) is 0 Å². The van der Waals surface area contributed by atoms with Crippen molar-refractivity contribution in [1.82, 2.24) is 29.5 Å². The summed E-state index contributed by atoms with van der Waals surface area (Å²) < 4.78 is 3.59. The minimum atomic E-state index is -0.149. The van der Waals surface area contributed by atoms with E-state index < -0.39 is 0 Å². The van der Waals surface area contributed by atoms with Crippen molar-refractivity contribution < 1.29 is 0 Å². The molecular formula is C17H26N6O2. The molecule has 0 aromatic carbocycles. The number of rotatable bonds is 4. The fourth-order valence-electron chi connectivity index (χ4n) is 4.50. The quantitative estimate of drug-likeness (QED) is 0.884. The Bertz CT molecular complexity index is 749. The van der Waals surface area contributed by atoms with Gasteiger partial charge < -0.3 is 0 Å². The first-order chi connectivity index (χ1) is 12.2. The highest BCUT2D eigenvalue weighted by atomic mass is 16.2. The predicted molar refractivity (Wildman–Crippen MR) is 92.7 cm³/mol. The van der Waals surface area contributed by atoms with Crippen LogP contribution in [0.4, 0.5) is 0 Å². The lowest BCUT2D eigenvalue weighted by Crippen LogP contribution is -2.28. The van der Waals surface area contributed by atoms with Gasteiger partial charge in [-0.15, -0.1) is 0 Å². The molecular weight excluding hydrogens is 320 g/mol. The lowest BCUT2D eigenvalue weighted by molar-refractivity contribution is 0.332. The Morgan fingerprint density at radius 3 is 1.52 bits per heavy atom. The van der Waals surface area contributed by atoms with E-state index in [2.05, 4.69) is 20.4 Å². The van der Waals surface area contributed by atoms with E-state index in [1.54, 1.807) is 9.13 Å². The molecule has 2 aliphatic carbocycles. The summed E-state index contributed by atoms with van der Waals surface area (Å²) in [7, 11) is 0. The summed E-state index contributed by atoms with van der Waals surface area (Å²) >= 11 is 0. The van der Waals surface area contributed by atoms with Gasteiger partial charge in [0, 0.05) is 12.1 Å². The second kappa shape index (κ2) is 7.01. The number of hydrogen-bond donors (Lipinski definition) is 2. The second-order valence-electron chi connectivity index (χ2n) is 7.39. The Balaban J connectivity index is 1.63. The summed E-state index contributed by atoms with van der Waals surface area (Å²) in [5.41, 5.74) is -0.298. The molecule has 0 bridgehead atoms. The summed E-state index contributed by atoms with van der Waals surface area (Å²) in [6.07, 6.45) is 11.5. The van der Waals surface area contributed by atoms with Crippen molar-refractivity contribution in [2.24, 2.45) is 0 Å². The summed E-state index contributed by atoms with van der Waals surface area (Å²) in [6.45, 7) is 0. The number of nitrogens with one attached hydrogen (secondary N) is 2. The maximum absolute atomic E-state index is 12.3. The molecule has 2 aliphatic rings. The van der Waals surface area contributed by atoms with Crippen LogP contribution in [0.5, 0.6) is 0 Å². The van der Waals surface area contributed by atoms with Crippen molar-refractivity contribution in [3.05, 3.63) is 32.6 Å². The maximum Gasteiger partial charge on any atom is 0.343 e. The van der Waals surface area contributed by atoms with E-state index in [1.807, 2.05) is 0 Å². The summed E-state index contributed by atoms with van der Waals surface area (Å²) in [4.78, 5) is 24.5. The van der Waals surface area contributed by atoms with Gasteiger partial charge in [-0.05, 0) is 25.7 Å². The molecule has 2 fully saturated rings. The SMILES string of the molecule is O=c1[nH]nc(Cc2n[nH]c(=O)n2C2CCCCC2)n1C1CCCCC1. The molecule has 0 saturated heterocycles. The summed E-state index contributed by atoms with van der Waals surface area (Å²) in [6, 6.07) is 0.424. The minimum absolute atomic E-state index is 0.149. The van der Waals surface area contributed by atoms with Gasteiger partial charge in [-0.2, -0.15) is 10.2 Å². The first kappa shape index (κ1) is 16.4. The third kappa shape index (κ3) is 3.21. The first-order valence-corrected chi connectivity index (χ1v) is 9.55. The lowest BCUT2D eigenvalue weighted by atomic mass is 9.95. The Hall–Kier alpha value is -2.12. The minimum Gasteiger partial charge on any atom is -0.276 e. The molecule has 2 saturated carbocycles. The third-order valence-electron chi connectivity index (χ3n) is 5.75. The van der Waals surface area contributed by atoms with Crippen LogP contribution in [0.25, 0.3) is 0 Å². The number of hydrogen-bond acceptors (Lipinski definition) is 4. The predicted octanol–water partition coefficient (Wildman–Crippen LogP) is 2.06. The highest BCUT2D eigenvalue weighted by Gasteiger charge is 2.25. The van der Waals surface area contributed by atoms with Crippen LogP contribution in [-0.2, 0) is 6.42 Å². The zero-order chi connectivity index (χ0) is 17.2. The average molecular weight is 346 g/mol. The highest BCUT2D eigenvalue weighted by Crippen LogP contribution is 2.29. The number of aromatic nitrogens is 6. The normalized spacial score (nSPS) is 20.2. The second-order valence-corrected chi connectivity index (χ2v) is 7.39. The molecule has 8 heteroatoms. The van der Waals surface area contributed by atoms with Gasteiger partial charge in [0.25, 0.3) is 0 Å². The smallest absolute Gasteiger partial charge is 0.276 e. The number of H-pyrrole nitrogens is 2. The van der Waals surface area contributed by atoms with Crippen LogP contribution in [-0.4, -0.2) is 29.5 Å². The van der Waals surface area contributed by atoms with Crippen molar-refractivity contribution in [2.75, 3.05) is 0 Å². The third-order valence-corrected chi connectivity index (χ3v) is 5.75. The molecule has 0 amide bonds. The standard InChI is InChI=1S/C17H26N6O2/c24-16-20-18-14(22(16)12-7-3-1-4-8-12)11-15-19-21-17(25)23(15)13-9-5-2-6-10-13/h12-13H,1-11H2,(H,20,24)(H,21,25). The van der Waals surface area contributed by atoms with Crippen molar-refractivity contribution in [2.45, 2.75) is 82.7 Å². The summed E-state index contributed by atoms with van der Waals surface area (Å²) in [5, 5.41) is 13.7. The Morgan fingerprint density at radius 2 is 1.12 bits per heavy atom. The van der Waals surface area contributed by atoms with Crippen LogP contribution in [0.2, 0.25) is 0 Å². The Morgan fingerprint density at radius 1 is 0.720 bits per heavy atom. The topological polar surface area (TPSA) is 101 Å². The fraction of sp³-hybridized carbons (Fsp3) is 0.765. The lowest BCUT2D eigenvalue weighted by Gasteiger charge is -2.24. The molecule has 0 atom stereocenters. The van der Waals surface area contributed by atoms with Gasteiger partial charge in [-0.1, -0.05) is 38.5 Å². The molecule has 2 heterocycles. The van der Waals surface area contributed by atoms with Gasteiger partial charge in [-0.3, -0.25) is 9.13 Å². The van der Waals surface area contributed by atoms with Crippen molar-refractivity contribution in [1.29, 1.82) is 0 Å². The monoisotopic (exact) mass is 346 g/mol. The van der Waals surface area contributed by atoms with Gasteiger partial charge in [0.2, 0.25) is 0 Å². The molecule has 0 radical (unpaired) electrons. The van der Waals surface area contributed by atoms with Crippen LogP contribution in [0.1, 0.15) is 87.9 Å². The largest absolute Gasteiger partial charge is 0.343 e. The molecule has 2 aromatic rings. The van der Waals surface area contributed by atoms with Gasteiger partial charge in [0.05, 0.1) is 6.42 Å². The number of aromatic amines is 2. The highest BCUT2D eigenvalue weighted by molar-refractivity contribution is 5.03. The molecule has 0 unspecified atom stereocenters. The maximum atomic E-state index is 12.3. The van der Waals surface area contributed by atoms with E-state index in [1.165, 1.54) is 12.8 Å². The number of nitrogens with zero attached hydrogens (tertiary/aromatic N) is 4. The zero-order valence-corrected chi connectivity index (χ0v) is 14.5. The Kier molecular flexibility index (Phi) is 4.59. The van der Waals surface area contributed by atoms with Crippen LogP contribution in [0.15, 0.2) is 9.59 Å². The molecule has 0 aliphatic heterocycles. The van der Waals surface area contributed by atoms with Crippen LogP contribution >= 0.6 is 0 Å². The summed E-state index contributed by atoms with van der Waals surface area (Å²) in [5.74, 6) is 1.38. The molecule has 8 nitrogen and oxygen atoms in total. The van der Waals surface area contributed by atoms with Gasteiger partial charge in [0.15, 0.2) is 0 Å². The van der Waals surface area contributed by atoms with E-state index in [4.69, 9.17) is 0 Å². The van der Waals surface area contributed by atoms with E-state index >= 15 is 0 Å². The van der Waals surface area contributed by atoms with Gasteiger partial charge in [-0.25, -0.2) is 19.8 Å². The zero-order valence-electron chi connectivity index (χ0n) is 14.5. The average Bonchev–Trinajstić information content (AvgIpc) is 3.19. The molecule has 25 heavy (non-hydrogen) atoms. The van der Waals surface area contributed by atoms with Crippen molar-refractivity contribution >= 4 is 0 Å². The van der Waals surface area contributed by atoms with Gasteiger partial charge in [0.1, 0.15) is 11.6 Å². The molecule has 4 rings (SSSR count). The van der Waals surface area contributed by atoms with E-state index in [9.17, 15) is 9.59 Å². The van der Waals surface area contributed by atoms with E-state index in [-0.39, 0.29) is 23.5 Å². The van der Waals surface area contributed by atoms with Crippen LogP contribution < -0.4 is 11.4 Å². The molecule has 136 valence electrons. The van der Waals surface area contributed by atoms with E-state index in [0.29, 0.717) is 18.1 Å². The van der Waals surface area contributed by atoms with Crippen molar-refractivity contribution in [3.8, 4) is 0 Å². The fourth-order valence-corrected chi connectivity index (χ4v) is 4.50. The molecule has 0 spiro atoms. The molecule has 2 aromatic heterocycles. The molecule has 2 N–H and O–H groups in total. The van der Waals surface area contributed by atoms with Gasteiger partial charge >= 0.3 is 11.4 Å². The van der Waals surface area contributed by atoms with Crippen molar-refractivity contribution in [3.63, 3.8) is 0 Å². The Labute approximate surface area is 145 Å².